The van der Waals surface area contributed by atoms with E-state index in [9.17, 15) is 0 Å². The van der Waals surface area contributed by atoms with Gasteiger partial charge in [0.2, 0.25) is 0 Å². The Morgan fingerprint density at radius 2 is 2.21 bits per heavy atom. The molecule has 1 aromatic rings. The molecular weight excluding hydrogens is 421 g/mol. The Balaban J connectivity index is 0.00000208. The van der Waals surface area contributed by atoms with Crippen LogP contribution in [-0.2, 0) is 16.0 Å². The number of aliphatic imine (C=N–C) groups is 1. The fourth-order valence-electron chi connectivity index (χ4n) is 3.11. The summed E-state index contributed by atoms with van der Waals surface area (Å²) in [6, 6.07) is 1.93. The SMILES string of the molecule is CCNC(=NCCn1cccn1)N1CCOC(C2CCCO2)C1.I. The molecule has 136 valence electrons. The lowest BCUT2D eigenvalue weighted by Crippen LogP contribution is -2.53. The van der Waals surface area contributed by atoms with Gasteiger partial charge in [0.05, 0.1) is 25.8 Å². The van der Waals surface area contributed by atoms with Crippen molar-refractivity contribution in [3.63, 3.8) is 0 Å². The van der Waals surface area contributed by atoms with E-state index in [4.69, 9.17) is 14.5 Å². The summed E-state index contributed by atoms with van der Waals surface area (Å²) in [7, 11) is 0. The predicted octanol–water partition coefficient (Wildman–Crippen LogP) is 1.35. The van der Waals surface area contributed by atoms with Gasteiger partial charge in [0.25, 0.3) is 0 Å². The Labute approximate surface area is 160 Å². The number of rotatable bonds is 5. The van der Waals surface area contributed by atoms with Crippen LogP contribution < -0.4 is 5.32 Å². The Hall–Kier alpha value is -0.870. The van der Waals surface area contributed by atoms with E-state index in [1.807, 2.05) is 16.9 Å². The molecule has 2 aliphatic rings. The molecule has 24 heavy (non-hydrogen) atoms. The van der Waals surface area contributed by atoms with E-state index in [1.54, 1.807) is 6.20 Å². The standard InChI is InChI=1S/C16H27N5O2.HI/c1-2-17-16(18-7-9-21-8-4-6-19-21)20-10-12-23-15(13-20)14-5-3-11-22-14;/h4,6,8,14-15H,2-3,5,7,9-13H2,1H3,(H,17,18);1H. The topological polar surface area (TPSA) is 63.9 Å². The maximum Gasteiger partial charge on any atom is 0.194 e. The second kappa shape index (κ2) is 10.2. The van der Waals surface area contributed by atoms with Gasteiger partial charge < -0.3 is 19.7 Å². The van der Waals surface area contributed by atoms with E-state index in [-0.39, 0.29) is 36.2 Å². The van der Waals surface area contributed by atoms with Crippen molar-refractivity contribution in [2.24, 2.45) is 4.99 Å². The summed E-state index contributed by atoms with van der Waals surface area (Å²) in [5.74, 6) is 0.964. The molecule has 2 saturated heterocycles. The number of nitrogens with one attached hydrogen (secondary N) is 1. The Morgan fingerprint density at radius 3 is 2.92 bits per heavy atom. The lowest BCUT2D eigenvalue weighted by molar-refractivity contribution is -0.0817. The highest BCUT2D eigenvalue weighted by Crippen LogP contribution is 2.21. The molecule has 3 heterocycles. The maximum atomic E-state index is 5.92. The van der Waals surface area contributed by atoms with E-state index in [1.165, 1.54) is 0 Å². The van der Waals surface area contributed by atoms with Crippen molar-refractivity contribution in [3.8, 4) is 0 Å². The average molecular weight is 449 g/mol. The summed E-state index contributed by atoms with van der Waals surface area (Å²) < 4.78 is 13.6. The highest BCUT2D eigenvalue weighted by Gasteiger charge is 2.32. The smallest absolute Gasteiger partial charge is 0.194 e. The lowest BCUT2D eigenvalue weighted by Gasteiger charge is -2.37. The Morgan fingerprint density at radius 1 is 1.33 bits per heavy atom. The molecule has 2 fully saturated rings. The molecule has 3 rings (SSSR count). The van der Waals surface area contributed by atoms with Crippen LogP contribution >= 0.6 is 24.0 Å². The first-order valence-electron chi connectivity index (χ1n) is 8.60. The van der Waals surface area contributed by atoms with Gasteiger partial charge >= 0.3 is 0 Å². The first-order valence-corrected chi connectivity index (χ1v) is 8.60. The molecule has 8 heteroatoms. The van der Waals surface area contributed by atoms with Gasteiger partial charge in [-0.05, 0) is 25.8 Å². The van der Waals surface area contributed by atoms with Crippen molar-refractivity contribution in [2.45, 2.75) is 38.5 Å². The minimum absolute atomic E-state index is 0. The molecule has 1 N–H and O–H groups in total. The van der Waals surface area contributed by atoms with Gasteiger partial charge in [0.1, 0.15) is 6.10 Å². The summed E-state index contributed by atoms with van der Waals surface area (Å²) in [4.78, 5) is 7.04. The molecule has 0 spiro atoms. The van der Waals surface area contributed by atoms with Gasteiger partial charge in [0.15, 0.2) is 5.96 Å². The molecule has 2 aliphatic heterocycles. The fourth-order valence-corrected chi connectivity index (χ4v) is 3.11. The molecule has 0 radical (unpaired) electrons. The first-order chi connectivity index (χ1) is 11.4. The van der Waals surface area contributed by atoms with E-state index >= 15 is 0 Å². The van der Waals surface area contributed by atoms with Crippen LogP contribution in [0, 0.1) is 0 Å². The monoisotopic (exact) mass is 449 g/mol. The zero-order valence-electron chi connectivity index (χ0n) is 14.3. The summed E-state index contributed by atoms with van der Waals surface area (Å²) in [6.45, 7) is 7.78. The van der Waals surface area contributed by atoms with Crippen LogP contribution in [0.3, 0.4) is 0 Å². The highest BCUT2D eigenvalue weighted by atomic mass is 127. The fraction of sp³-hybridized carbons (Fsp3) is 0.750. The number of hydrogen-bond donors (Lipinski definition) is 1. The molecule has 0 aliphatic carbocycles. The van der Waals surface area contributed by atoms with Crippen molar-refractivity contribution in [3.05, 3.63) is 18.5 Å². The molecular formula is C16H28IN5O2. The molecule has 2 unspecified atom stereocenters. The lowest BCUT2D eigenvalue weighted by atomic mass is 10.1. The van der Waals surface area contributed by atoms with Crippen LogP contribution in [0.2, 0.25) is 0 Å². The number of nitrogens with zero attached hydrogens (tertiary/aromatic N) is 4. The second-order valence-corrected chi connectivity index (χ2v) is 5.91. The van der Waals surface area contributed by atoms with Gasteiger partial charge in [-0.3, -0.25) is 9.67 Å². The number of halogens is 1. The second-order valence-electron chi connectivity index (χ2n) is 5.91. The number of morpholine rings is 1. The van der Waals surface area contributed by atoms with E-state index < -0.39 is 0 Å². The van der Waals surface area contributed by atoms with E-state index in [2.05, 4.69) is 22.2 Å². The summed E-state index contributed by atoms with van der Waals surface area (Å²) >= 11 is 0. The summed E-state index contributed by atoms with van der Waals surface area (Å²) in [5.41, 5.74) is 0. The largest absolute Gasteiger partial charge is 0.375 e. The number of guanidine groups is 1. The quantitative estimate of drug-likeness (QED) is 0.418. The van der Waals surface area contributed by atoms with Crippen molar-refractivity contribution < 1.29 is 9.47 Å². The van der Waals surface area contributed by atoms with Gasteiger partial charge in [-0.25, -0.2) is 0 Å². The maximum absolute atomic E-state index is 5.92. The molecule has 2 atom stereocenters. The molecule has 1 aromatic heterocycles. The number of ether oxygens (including phenoxy) is 2. The normalized spacial score (nSPS) is 24.7. The van der Waals surface area contributed by atoms with Gasteiger partial charge in [-0.15, -0.1) is 24.0 Å². The van der Waals surface area contributed by atoms with Crippen molar-refractivity contribution in [1.82, 2.24) is 20.0 Å². The van der Waals surface area contributed by atoms with Gasteiger partial charge in [-0.1, -0.05) is 0 Å². The summed E-state index contributed by atoms with van der Waals surface area (Å²) in [5, 5.41) is 7.61. The van der Waals surface area contributed by atoms with Crippen LogP contribution in [-0.4, -0.2) is 72.2 Å². The van der Waals surface area contributed by atoms with Gasteiger partial charge in [-0.2, -0.15) is 5.10 Å². The minimum atomic E-state index is 0. The molecule has 0 bridgehead atoms. The molecule has 0 amide bonds. The van der Waals surface area contributed by atoms with Crippen molar-refractivity contribution in [1.29, 1.82) is 0 Å². The summed E-state index contributed by atoms with van der Waals surface area (Å²) in [6.07, 6.45) is 6.40. The molecule has 0 aromatic carbocycles. The molecule has 0 saturated carbocycles. The third kappa shape index (κ3) is 5.32. The van der Waals surface area contributed by atoms with Crippen LogP contribution in [0.4, 0.5) is 0 Å². The average Bonchev–Trinajstić information content (AvgIpc) is 3.28. The van der Waals surface area contributed by atoms with Crippen LogP contribution in [0.25, 0.3) is 0 Å². The Bertz CT molecular complexity index is 491. The third-order valence-electron chi connectivity index (χ3n) is 4.26. The minimum Gasteiger partial charge on any atom is -0.375 e. The van der Waals surface area contributed by atoms with Gasteiger partial charge in [0, 0.05) is 38.6 Å². The van der Waals surface area contributed by atoms with Crippen LogP contribution in [0.1, 0.15) is 19.8 Å². The zero-order chi connectivity index (χ0) is 15.9. The van der Waals surface area contributed by atoms with Crippen LogP contribution in [0.5, 0.6) is 0 Å². The van der Waals surface area contributed by atoms with Crippen LogP contribution in [0.15, 0.2) is 23.5 Å². The zero-order valence-corrected chi connectivity index (χ0v) is 16.6. The van der Waals surface area contributed by atoms with E-state index in [0.717, 1.165) is 58.2 Å². The Kier molecular flexibility index (Phi) is 8.26. The number of aromatic nitrogens is 2. The predicted molar refractivity (Wildman–Crippen MR) is 104 cm³/mol. The third-order valence-corrected chi connectivity index (χ3v) is 4.26. The number of hydrogen-bond acceptors (Lipinski definition) is 4. The van der Waals surface area contributed by atoms with E-state index in [0.29, 0.717) is 6.54 Å². The van der Waals surface area contributed by atoms with Crippen molar-refractivity contribution >= 4 is 29.9 Å². The highest BCUT2D eigenvalue weighted by molar-refractivity contribution is 14.0. The first kappa shape index (κ1) is 19.5. The van der Waals surface area contributed by atoms with Crippen molar-refractivity contribution in [2.75, 3.05) is 39.4 Å². The molecule has 7 nitrogen and oxygen atoms in total.